The van der Waals surface area contributed by atoms with E-state index in [2.05, 4.69) is 45.6 Å². The van der Waals surface area contributed by atoms with Gasteiger partial charge in [-0.15, -0.1) is 0 Å². The molecule has 0 amide bonds. The van der Waals surface area contributed by atoms with E-state index in [0.29, 0.717) is 22.3 Å². The van der Waals surface area contributed by atoms with E-state index in [9.17, 15) is 10.5 Å². The molecule has 0 bridgehead atoms. The predicted octanol–water partition coefficient (Wildman–Crippen LogP) is 11.2. The Morgan fingerprint density at radius 3 is 0.983 bits per heavy atom. The zero-order chi connectivity index (χ0) is 41.8. The molecule has 0 aliphatic heterocycles. The van der Waals surface area contributed by atoms with E-state index >= 15 is 0 Å². The van der Waals surface area contributed by atoms with Gasteiger partial charge < -0.3 is 23.8 Å². The molecule has 0 N–H and O–H groups in total. The minimum absolute atomic E-state index is 0.299. The van der Waals surface area contributed by atoms with Gasteiger partial charge in [0.1, 0.15) is 35.1 Å². The van der Waals surface area contributed by atoms with Crippen molar-refractivity contribution in [1.29, 1.82) is 10.5 Å². The molecular weight excluding hydrogens is 745 g/mol. The quantitative estimate of drug-likeness (QED) is 0.101. The number of nitrogens with zero attached hydrogens (tertiary/aromatic N) is 4. The van der Waals surface area contributed by atoms with E-state index in [-0.39, 0.29) is 0 Å². The van der Waals surface area contributed by atoms with E-state index in [4.69, 9.17) is 18.9 Å². The minimum atomic E-state index is 0.299. The number of nitriles is 2. The second-order valence-corrected chi connectivity index (χ2v) is 13.2. The summed E-state index contributed by atoms with van der Waals surface area (Å²) in [6, 6.07) is 54.8. The van der Waals surface area contributed by atoms with Crippen LogP contribution in [0.15, 0.2) is 158 Å². The van der Waals surface area contributed by atoms with Crippen LogP contribution in [-0.4, -0.2) is 28.4 Å². The van der Waals surface area contributed by atoms with Gasteiger partial charge in [0.25, 0.3) is 0 Å². The maximum Gasteiger partial charge on any atom is 0.192 e. The first-order valence-corrected chi connectivity index (χ1v) is 18.8. The lowest BCUT2D eigenvalue weighted by Gasteiger charge is -2.25. The first-order valence-electron chi connectivity index (χ1n) is 18.8. The molecule has 8 heteroatoms. The molecule has 7 rings (SSSR count). The van der Waals surface area contributed by atoms with Crippen LogP contribution >= 0.6 is 0 Å². The monoisotopic (exact) mass is 782 g/mol. The van der Waals surface area contributed by atoms with Crippen LogP contribution in [0.4, 0.5) is 34.1 Å². The van der Waals surface area contributed by atoms with Crippen molar-refractivity contribution in [3.05, 3.63) is 191 Å². The highest BCUT2D eigenvalue weighted by Crippen LogP contribution is 2.37. The first-order chi connectivity index (χ1) is 29.4. The molecule has 0 heterocycles. The van der Waals surface area contributed by atoms with Crippen molar-refractivity contribution in [3.8, 4) is 58.8 Å². The summed E-state index contributed by atoms with van der Waals surface area (Å²) >= 11 is 0. The third kappa shape index (κ3) is 9.08. The molecular formula is C52H38N4O4+. The first kappa shape index (κ1) is 39.8. The van der Waals surface area contributed by atoms with Crippen molar-refractivity contribution >= 4 is 34.1 Å². The Balaban J connectivity index is 1.16. The second kappa shape index (κ2) is 18.7. The highest BCUT2D eigenvalue weighted by atomic mass is 16.5. The molecule has 0 saturated heterocycles. The molecule has 60 heavy (non-hydrogen) atoms. The molecule has 0 unspecified atom stereocenters. The Morgan fingerprint density at radius 1 is 0.367 bits per heavy atom. The normalized spacial score (nSPS) is 10.2. The van der Waals surface area contributed by atoms with E-state index < -0.39 is 0 Å². The molecule has 0 fully saturated rings. The van der Waals surface area contributed by atoms with Gasteiger partial charge in [0.2, 0.25) is 0 Å². The fourth-order valence-corrected chi connectivity index (χ4v) is 6.48. The summed E-state index contributed by atoms with van der Waals surface area (Å²) in [6.07, 6.45) is 0. The topological polar surface area (TPSA) is 93.6 Å². The van der Waals surface area contributed by atoms with Gasteiger partial charge in [-0.1, -0.05) is 28.6 Å². The largest absolute Gasteiger partial charge is 0.497 e. The molecule has 0 aliphatic rings. The second-order valence-electron chi connectivity index (χ2n) is 13.2. The Kier molecular flexibility index (Phi) is 12.4. The summed E-state index contributed by atoms with van der Waals surface area (Å²) in [5.74, 6) is 15.8. The Morgan fingerprint density at radius 2 is 0.650 bits per heavy atom. The lowest BCUT2D eigenvalue weighted by molar-refractivity contribution is 0.414. The summed E-state index contributed by atoms with van der Waals surface area (Å²) in [4.78, 5) is 4.25. The lowest BCUT2D eigenvalue weighted by atomic mass is 9.99. The van der Waals surface area contributed by atoms with Crippen LogP contribution in [0.2, 0.25) is 0 Å². The SMILES string of the molecule is COc1ccc(N(c2ccc(C#Cc3cc(C#Cc4ccc([N+](c5ccc(OC)cc5)c5ccc(OC)cc5)cc4)c(C#N)cc3C#N)cc2)c2ccc(OC)cc2)cc1. The van der Waals surface area contributed by atoms with Gasteiger partial charge in [0.05, 0.1) is 39.6 Å². The van der Waals surface area contributed by atoms with Crippen LogP contribution < -0.4 is 28.7 Å². The number of hydrogen-bond donors (Lipinski definition) is 0. The molecule has 7 aromatic rings. The average Bonchev–Trinajstić information content (AvgIpc) is 3.32. The minimum Gasteiger partial charge on any atom is -0.497 e. The summed E-state index contributed by atoms with van der Waals surface area (Å²) in [5.41, 5.74) is 8.70. The molecule has 289 valence electrons. The van der Waals surface area contributed by atoms with Crippen molar-refractivity contribution in [3.63, 3.8) is 0 Å². The van der Waals surface area contributed by atoms with Crippen molar-refractivity contribution < 1.29 is 18.9 Å². The molecule has 0 spiro atoms. The fraction of sp³-hybridized carbons (Fsp3) is 0.0769. The van der Waals surface area contributed by atoms with Crippen LogP contribution in [-0.2, 0) is 0 Å². The van der Waals surface area contributed by atoms with Gasteiger partial charge in [0.15, 0.2) is 17.1 Å². The molecule has 0 aromatic heterocycles. The molecule has 8 nitrogen and oxygen atoms in total. The summed E-state index contributed by atoms with van der Waals surface area (Å²) in [6.45, 7) is 0. The van der Waals surface area contributed by atoms with Crippen LogP contribution in [0.5, 0.6) is 23.0 Å². The van der Waals surface area contributed by atoms with E-state index in [0.717, 1.165) is 68.2 Å². The third-order valence-electron chi connectivity index (χ3n) is 9.66. The Labute approximate surface area is 350 Å². The maximum atomic E-state index is 10.0. The van der Waals surface area contributed by atoms with E-state index in [1.807, 2.05) is 146 Å². The van der Waals surface area contributed by atoms with Crippen LogP contribution in [0.1, 0.15) is 33.4 Å². The zero-order valence-electron chi connectivity index (χ0n) is 33.4. The summed E-state index contributed by atoms with van der Waals surface area (Å²) < 4.78 is 21.5. The fourth-order valence-electron chi connectivity index (χ4n) is 6.48. The molecule has 7 aromatic carbocycles. The number of hydrogen-bond acceptors (Lipinski definition) is 8. The van der Waals surface area contributed by atoms with Crippen molar-refractivity contribution in [2.24, 2.45) is 0 Å². The number of benzene rings is 7. The van der Waals surface area contributed by atoms with Crippen LogP contribution in [0.3, 0.4) is 0 Å². The van der Waals surface area contributed by atoms with Gasteiger partial charge in [-0.3, -0.25) is 0 Å². The average molecular weight is 783 g/mol. The molecule has 1 radical (unpaired) electrons. The number of ether oxygens (including phenoxy) is 4. The van der Waals surface area contributed by atoms with Crippen molar-refractivity contribution in [1.82, 2.24) is 4.90 Å². The van der Waals surface area contributed by atoms with Gasteiger partial charge in [0, 0.05) is 75.7 Å². The Bertz CT molecular complexity index is 2510. The smallest absolute Gasteiger partial charge is 0.192 e. The maximum absolute atomic E-state index is 10.0. The van der Waals surface area contributed by atoms with Crippen molar-refractivity contribution in [2.45, 2.75) is 0 Å². The number of rotatable bonds is 10. The van der Waals surface area contributed by atoms with E-state index in [1.165, 1.54) is 0 Å². The predicted molar refractivity (Wildman–Crippen MR) is 236 cm³/mol. The number of anilines is 6. The highest BCUT2D eigenvalue weighted by molar-refractivity contribution is 5.77. The summed E-state index contributed by atoms with van der Waals surface area (Å²) in [7, 11) is 6.58. The van der Waals surface area contributed by atoms with Gasteiger partial charge in [-0.25, -0.2) is 0 Å². The third-order valence-corrected chi connectivity index (χ3v) is 9.66. The molecule has 0 aliphatic carbocycles. The van der Waals surface area contributed by atoms with Crippen LogP contribution in [0, 0.1) is 46.3 Å². The zero-order valence-corrected chi connectivity index (χ0v) is 33.4. The van der Waals surface area contributed by atoms with Crippen LogP contribution in [0.25, 0.3) is 0 Å². The Hall–Kier alpha value is -8.40. The summed E-state index contributed by atoms with van der Waals surface area (Å²) in [5, 5.41) is 20.0. The highest BCUT2D eigenvalue weighted by Gasteiger charge is 2.26. The van der Waals surface area contributed by atoms with Gasteiger partial charge in [-0.05, 0) is 121 Å². The van der Waals surface area contributed by atoms with Crippen molar-refractivity contribution in [2.75, 3.05) is 33.3 Å². The molecule has 0 atom stereocenters. The number of methoxy groups -OCH3 is 4. The van der Waals surface area contributed by atoms with Gasteiger partial charge in [-0.2, -0.15) is 10.5 Å². The van der Waals surface area contributed by atoms with Gasteiger partial charge >= 0.3 is 0 Å². The van der Waals surface area contributed by atoms with E-state index in [1.54, 1.807) is 40.6 Å². The lowest BCUT2D eigenvalue weighted by Crippen LogP contribution is -2.11. The molecule has 0 saturated carbocycles. The standard InChI is InChI=1S/C52H38N4O4/c1-57-49-25-17-45(18-26-49)55(46-19-27-50(58-2)28-20-46)43-13-7-37(8-14-43)5-11-39-33-40(42(36-54)34-41(39)35-53)12-6-38-9-15-44(16-10-38)56(47-21-29-51(59-3)30-22-47)48-23-31-52(60-4)32-24-48/h7-10,13-34H,1-4H3/q+1.